The number of carboxylic acid groups (broad SMARTS) is 1. The molecule has 0 aliphatic heterocycles. The first kappa shape index (κ1) is 14.1. The third-order valence-electron chi connectivity index (χ3n) is 2.71. The van der Waals surface area contributed by atoms with Crippen LogP contribution in [0.25, 0.3) is 0 Å². The highest BCUT2D eigenvalue weighted by Gasteiger charge is 2.11. The smallest absolute Gasteiger partial charge is 0.335 e. The highest BCUT2D eigenvalue weighted by molar-refractivity contribution is 7.07. The molecule has 5 nitrogen and oxygen atoms in total. The van der Waals surface area contributed by atoms with Gasteiger partial charge in [0.05, 0.1) is 5.56 Å². The highest BCUT2D eigenvalue weighted by atomic mass is 32.1. The molecular weight excluding hydrogens is 276 g/mol. The number of hydrogen-bond acceptors (Lipinski definition) is 3. The first-order valence-corrected chi connectivity index (χ1v) is 6.87. The Morgan fingerprint density at radius 2 is 2.15 bits per heavy atom. The van der Waals surface area contributed by atoms with Gasteiger partial charge in [-0.15, -0.1) is 0 Å². The summed E-state index contributed by atoms with van der Waals surface area (Å²) in [5.41, 5.74) is 1.67. The number of nitrogens with one attached hydrogen (secondary N) is 1. The second-order valence-electron chi connectivity index (χ2n) is 4.30. The van der Waals surface area contributed by atoms with E-state index in [2.05, 4.69) is 5.32 Å². The number of carbonyl (C=O) groups is 2. The first-order valence-electron chi connectivity index (χ1n) is 5.93. The first-order chi connectivity index (χ1) is 9.56. The molecule has 0 fully saturated rings. The van der Waals surface area contributed by atoms with Crippen LogP contribution in [-0.4, -0.2) is 29.1 Å². The predicted molar refractivity (Wildman–Crippen MR) is 78.2 cm³/mol. The lowest BCUT2D eigenvalue weighted by atomic mass is 10.2. The summed E-state index contributed by atoms with van der Waals surface area (Å²) in [6.07, 6.45) is 0. The number of hydrogen-bond donors (Lipinski definition) is 2. The zero-order valence-corrected chi connectivity index (χ0v) is 11.7. The number of amides is 2. The van der Waals surface area contributed by atoms with Crippen molar-refractivity contribution in [2.45, 2.75) is 6.54 Å². The van der Waals surface area contributed by atoms with Gasteiger partial charge < -0.3 is 15.3 Å². The van der Waals surface area contributed by atoms with Crippen LogP contribution in [0.15, 0.2) is 41.1 Å². The van der Waals surface area contributed by atoms with E-state index in [9.17, 15) is 9.59 Å². The normalized spacial score (nSPS) is 10.1. The van der Waals surface area contributed by atoms with E-state index in [4.69, 9.17) is 5.11 Å². The Kier molecular flexibility index (Phi) is 4.37. The van der Waals surface area contributed by atoms with Crippen LogP contribution in [0.3, 0.4) is 0 Å². The van der Waals surface area contributed by atoms with Gasteiger partial charge in [0.2, 0.25) is 0 Å². The lowest BCUT2D eigenvalue weighted by Crippen LogP contribution is -2.30. The summed E-state index contributed by atoms with van der Waals surface area (Å²) in [6, 6.07) is 7.84. The molecule has 0 saturated carbocycles. The molecule has 0 aliphatic carbocycles. The molecule has 2 amide bonds. The largest absolute Gasteiger partial charge is 0.478 e. The van der Waals surface area contributed by atoms with Crippen LogP contribution in [0.2, 0.25) is 0 Å². The van der Waals surface area contributed by atoms with E-state index in [1.165, 1.54) is 17.0 Å². The van der Waals surface area contributed by atoms with Gasteiger partial charge >= 0.3 is 12.0 Å². The highest BCUT2D eigenvalue weighted by Crippen LogP contribution is 2.13. The summed E-state index contributed by atoms with van der Waals surface area (Å²) >= 11 is 1.58. The number of rotatable bonds is 4. The van der Waals surface area contributed by atoms with E-state index >= 15 is 0 Å². The van der Waals surface area contributed by atoms with Gasteiger partial charge in [-0.3, -0.25) is 0 Å². The Morgan fingerprint density at radius 1 is 1.35 bits per heavy atom. The number of carbonyl (C=O) groups excluding carboxylic acids is 1. The van der Waals surface area contributed by atoms with E-state index in [0.29, 0.717) is 12.2 Å². The molecule has 20 heavy (non-hydrogen) atoms. The molecule has 1 aromatic heterocycles. The molecule has 2 N–H and O–H groups in total. The maximum Gasteiger partial charge on any atom is 0.335 e. The van der Waals surface area contributed by atoms with Crippen molar-refractivity contribution in [3.8, 4) is 0 Å². The third kappa shape index (κ3) is 3.58. The summed E-state index contributed by atoms with van der Waals surface area (Å²) < 4.78 is 0. The van der Waals surface area contributed by atoms with Crippen molar-refractivity contribution in [1.29, 1.82) is 0 Å². The minimum atomic E-state index is -1.02. The predicted octanol–water partition coefficient (Wildman–Crippen LogP) is 3.11. The number of thiophene rings is 1. The van der Waals surface area contributed by atoms with Crippen LogP contribution in [-0.2, 0) is 6.54 Å². The van der Waals surface area contributed by atoms with E-state index in [-0.39, 0.29) is 11.6 Å². The summed E-state index contributed by atoms with van der Waals surface area (Å²) in [7, 11) is 1.69. The second-order valence-corrected chi connectivity index (χ2v) is 5.08. The van der Waals surface area contributed by atoms with Gasteiger partial charge in [-0.2, -0.15) is 11.3 Å². The van der Waals surface area contributed by atoms with Crippen molar-refractivity contribution >= 4 is 29.0 Å². The zero-order valence-electron chi connectivity index (χ0n) is 10.9. The van der Waals surface area contributed by atoms with Gasteiger partial charge in [0, 0.05) is 19.3 Å². The molecule has 0 bridgehead atoms. The van der Waals surface area contributed by atoms with E-state index in [1.54, 1.807) is 30.5 Å². The number of carboxylic acids is 1. The Hall–Kier alpha value is -2.34. The van der Waals surface area contributed by atoms with Gasteiger partial charge in [-0.25, -0.2) is 9.59 Å². The maximum absolute atomic E-state index is 12.0. The lowest BCUT2D eigenvalue weighted by molar-refractivity contribution is 0.0697. The third-order valence-corrected chi connectivity index (χ3v) is 3.44. The summed E-state index contributed by atoms with van der Waals surface area (Å²) in [5.74, 6) is -1.02. The van der Waals surface area contributed by atoms with Gasteiger partial charge in [0.15, 0.2) is 0 Å². The topological polar surface area (TPSA) is 69.6 Å². The number of benzene rings is 1. The molecule has 104 valence electrons. The quantitative estimate of drug-likeness (QED) is 0.909. The lowest BCUT2D eigenvalue weighted by Gasteiger charge is -2.17. The number of urea groups is 1. The molecule has 0 aliphatic rings. The van der Waals surface area contributed by atoms with Crippen LogP contribution in [0.5, 0.6) is 0 Å². The molecule has 0 atom stereocenters. The van der Waals surface area contributed by atoms with Gasteiger partial charge in [0.1, 0.15) is 0 Å². The Bertz CT molecular complexity index is 611. The fraction of sp³-hybridized carbons (Fsp3) is 0.143. The van der Waals surface area contributed by atoms with Crippen molar-refractivity contribution in [2.24, 2.45) is 0 Å². The minimum absolute atomic E-state index is 0.142. The Morgan fingerprint density at radius 3 is 2.80 bits per heavy atom. The van der Waals surface area contributed by atoms with Crippen molar-refractivity contribution in [3.63, 3.8) is 0 Å². The van der Waals surface area contributed by atoms with Gasteiger partial charge in [-0.1, -0.05) is 6.07 Å². The van der Waals surface area contributed by atoms with E-state index in [1.807, 2.05) is 16.8 Å². The molecule has 1 aromatic carbocycles. The average Bonchev–Trinajstić information content (AvgIpc) is 2.91. The average molecular weight is 290 g/mol. The maximum atomic E-state index is 12.0. The standard InChI is InChI=1S/C14H14N2O3S/c1-16(8-10-5-6-20-9-10)14(19)15-12-4-2-3-11(7-12)13(17)18/h2-7,9H,8H2,1H3,(H,15,19)(H,17,18). The van der Waals surface area contributed by atoms with E-state index in [0.717, 1.165) is 5.56 Å². The van der Waals surface area contributed by atoms with Crippen molar-refractivity contribution in [3.05, 3.63) is 52.2 Å². The molecule has 0 spiro atoms. The van der Waals surface area contributed by atoms with Gasteiger partial charge in [0.25, 0.3) is 0 Å². The van der Waals surface area contributed by atoms with Crippen LogP contribution >= 0.6 is 11.3 Å². The fourth-order valence-electron chi connectivity index (χ4n) is 1.68. The summed E-state index contributed by atoms with van der Waals surface area (Å²) in [6.45, 7) is 0.508. The number of aromatic carboxylic acids is 1. The summed E-state index contributed by atoms with van der Waals surface area (Å²) in [4.78, 5) is 24.4. The number of anilines is 1. The van der Waals surface area contributed by atoms with Crippen molar-refractivity contribution < 1.29 is 14.7 Å². The van der Waals surface area contributed by atoms with E-state index < -0.39 is 5.97 Å². The summed E-state index contributed by atoms with van der Waals surface area (Å²) in [5, 5.41) is 15.5. The van der Waals surface area contributed by atoms with Crippen LogP contribution in [0.4, 0.5) is 10.5 Å². The Balaban J connectivity index is 2.00. The molecule has 0 saturated heterocycles. The van der Waals surface area contributed by atoms with Gasteiger partial charge in [-0.05, 0) is 40.6 Å². The molecule has 2 aromatic rings. The molecule has 2 rings (SSSR count). The monoisotopic (exact) mass is 290 g/mol. The van der Waals surface area contributed by atoms with Crippen LogP contribution < -0.4 is 5.32 Å². The minimum Gasteiger partial charge on any atom is -0.478 e. The second kappa shape index (κ2) is 6.21. The number of nitrogens with zero attached hydrogens (tertiary/aromatic N) is 1. The zero-order chi connectivity index (χ0) is 14.5. The molecule has 1 heterocycles. The molecular formula is C14H14N2O3S. The molecule has 0 radical (unpaired) electrons. The molecule has 6 heteroatoms. The van der Waals surface area contributed by atoms with Crippen LogP contribution in [0.1, 0.15) is 15.9 Å². The van der Waals surface area contributed by atoms with Crippen molar-refractivity contribution in [1.82, 2.24) is 4.90 Å². The Labute approximate surface area is 120 Å². The fourth-order valence-corrected chi connectivity index (χ4v) is 2.34. The SMILES string of the molecule is CN(Cc1ccsc1)C(=O)Nc1cccc(C(=O)O)c1. The van der Waals surface area contributed by atoms with Crippen LogP contribution in [0, 0.1) is 0 Å². The molecule has 0 unspecified atom stereocenters. The van der Waals surface area contributed by atoms with Crippen molar-refractivity contribution in [2.75, 3.05) is 12.4 Å².